The van der Waals surface area contributed by atoms with Crippen molar-refractivity contribution in [3.63, 3.8) is 0 Å². The quantitative estimate of drug-likeness (QED) is 0.604. The zero-order chi connectivity index (χ0) is 12.0. The van der Waals surface area contributed by atoms with E-state index < -0.39 is 6.09 Å². The Balaban J connectivity index is 2.43. The van der Waals surface area contributed by atoms with Gasteiger partial charge in [-0.05, 0) is 12.0 Å². The van der Waals surface area contributed by atoms with Crippen molar-refractivity contribution < 1.29 is 9.53 Å². The van der Waals surface area contributed by atoms with E-state index in [1.807, 2.05) is 13.8 Å². The van der Waals surface area contributed by atoms with Crippen LogP contribution in [0.5, 0.6) is 0 Å². The minimum Gasteiger partial charge on any atom is -0.449 e. The molecule has 1 amide bonds. The number of ether oxygens (including phenoxy) is 1. The number of hydrogen-bond acceptors (Lipinski definition) is 3. The van der Waals surface area contributed by atoms with Crippen molar-refractivity contribution in [1.29, 1.82) is 5.41 Å². The number of hydrogen-bond donors (Lipinski definition) is 2. The maximum Gasteiger partial charge on any atom is 0.412 e. The Morgan fingerprint density at radius 3 is 2.69 bits per heavy atom. The fourth-order valence-corrected chi connectivity index (χ4v) is 1.01. The SMILES string of the molecule is CC(C)COC(=O)NC(=N)c1cc[c]cc1. The average molecular weight is 219 g/mol. The van der Waals surface area contributed by atoms with Crippen LogP contribution in [0.15, 0.2) is 24.3 Å². The van der Waals surface area contributed by atoms with E-state index in [4.69, 9.17) is 10.1 Å². The van der Waals surface area contributed by atoms with Gasteiger partial charge in [-0.25, -0.2) is 4.79 Å². The van der Waals surface area contributed by atoms with E-state index in [1.54, 1.807) is 24.3 Å². The second kappa shape index (κ2) is 5.90. The Morgan fingerprint density at radius 2 is 2.12 bits per heavy atom. The summed E-state index contributed by atoms with van der Waals surface area (Å²) in [4.78, 5) is 11.2. The molecule has 0 aliphatic heterocycles. The molecule has 85 valence electrons. The van der Waals surface area contributed by atoms with Crippen LogP contribution < -0.4 is 5.32 Å². The first-order valence-electron chi connectivity index (χ1n) is 5.08. The molecule has 1 rings (SSSR count). The lowest BCUT2D eigenvalue weighted by Gasteiger charge is -2.09. The zero-order valence-corrected chi connectivity index (χ0v) is 9.41. The normalized spacial score (nSPS) is 9.94. The second-order valence-electron chi connectivity index (χ2n) is 3.78. The molecule has 4 heteroatoms. The van der Waals surface area contributed by atoms with Gasteiger partial charge in [-0.2, -0.15) is 0 Å². The number of carbonyl (C=O) groups excluding carboxylic acids is 1. The van der Waals surface area contributed by atoms with Crippen molar-refractivity contribution in [2.24, 2.45) is 5.92 Å². The number of alkyl carbamates (subject to hydrolysis) is 1. The topological polar surface area (TPSA) is 62.2 Å². The van der Waals surface area contributed by atoms with Crippen molar-refractivity contribution in [3.05, 3.63) is 35.9 Å². The molecule has 0 heterocycles. The highest BCUT2D eigenvalue weighted by Crippen LogP contribution is 1.98. The molecule has 0 fully saturated rings. The number of amides is 1. The van der Waals surface area contributed by atoms with Crippen LogP contribution in [-0.4, -0.2) is 18.5 Å². The van der Waals surface area contributed by atoms with E-state index in [2.05, 4.69) is 11.4 Å². The Morgan fingerprint density at radius 1 is 1.50 bits per heavy atom. The Kier molecular flexibility index (Phi) is 4.51. The summed E-state index contributed by atoms with van der Waals surface area (Å²) in [5, 5.41) is 9.98. The van der Waals surface area contributed by atoms with E-state index >= 15 is 0 Å². The Labute approximate surface area is 95.1 Å². The van der Waals surface area contributed by atoms with Gasteiger partial charge in [0.1, 0.15) is 5.84 Å². The monoisotopic (exact) mass is 219 g/mol. The third-order valence-electron chi connectivity index (χ3n) is 1.78. The van der Waals surface area contributed by atoms with Gasteiger partial charge in [-0.15, -0.1) is 0 Å². The molecule has 0 unspecified atom stereocenters. The maximum atomic E-state index is 11.2. The summed E-state index contributed by atoms with van der Waals surface area (Å²) in [6.07, 6.45) is -0.591. The fraction of sp³-hybridized carbons (Fsp3) is 0.333. The number of amidine groups is 1. The molecule has 0 saturated heterocycles. The lowest BCUT2D eigenvalue weighted by atomic mass is 10.2. The van der Waals surface area contributed by atoms with Crippen LogP contribution >= 0.6 is 0 Å². The van der Waals surface area contributed by atoms with Crippen LogP contribution in [0.2, 0.25) is 0 Å². The lowest BCUT2D eigenvalue weighted by molar-refractivity contribution is 0.138. The summed E-state index contributed by atoms with van der Waals surface area (Å²) in [5.41, 5.74) is 0.625. The first kappa shape index (κ1) is 12.2. The molecule has 16 heavy (non-hydrogen) atoms. The highest BCUT2D eigenvalue weighted by molar-refractivity contribution is 6.04. The molecule has 0 aromatic heterocycles. The van der Waals surface area contributed by atoms with Crippen LogP contribution in [-0.2, 0) is 4.74 Å². The number of carbonyl (C=O) groups is 1. The van der Waals surface area contributed by atoms with Crippen LogP contribution in [0.4, 0.5) is 4.79 Å². The smallest absolute Gasteiger partial charge is 0.412 e. The summed E-state index contributed by atoms with van der Waals surface area (Å²) >= 11 is 0. The largest absolute Gasteiger partial charge is 0.449 e. The number of benzene rings is 1. The standard InChI is InChI=1S/C12H15N2O2/c1-9(2)8-16-12(15)14-11(13)10-6-4-3-5-7-10/h4-7,9H,8H2,1-2H3,(H2,13,14,15). The van der Waals surface area contributed by atoms with Crippen molar-refractivity contribution in [1.82, 2.24) is 5.32 Å². The Bertz CT molecular complexity index is 361. The molecule has 0 aliphatic rings. The van der Waals surface area contributed by atoms with Crippen LogP contribution in [0.1, 0.15) is 19.4 Å². The van der Waals surface area contributed by atoms with Crippen LogP contribution in [0.3, 0.4) is 0 Å². The molecule has 1 aromatic rings. The van der Waals surface area contributed by atoms with E-state index in [1.165, 1.54) is 0 Å². The summed E-state index contributed by atoms with van der Waals surface area (Å²) in [6.45, 7) is 4.25. The molecule has 0 aliphatic carbocycles. The number of rotatable bonds is 3. The van der Waals surface area contributed by atoms with Gasteiger partial charge in [-0.1, -0.05) is 38.1 Å². The molecule has 0 bridgehead atoms. The first-order chi connectivity index (χ1) is 7.59. The van der Waals surface area contributed by atoms with Gasteiger partial charge >= 0.3 is 6.09 Å². The minimum atomic E-state index is -0.591. The van der Waals surface area contributed by atoms with Gasteiger partial charge in [0.25, 0.3) is 0 Å². The van der Waals surface area contributed by atoms with E-state index in [0.717, 1.165) is 0 Å². The molecular weight excluding hydrogens is 204 g/mol. The molecule has 2 N–H and O–H groups in total. The molecular formula is C12H15N2O2. The van der Waals surface area contributed by atoms with E-state index in [-0.39, 0.29) is 11.8 Å². The van der Waals surface area contributed by atoms with Crippen LogP contribution in [0, 0.1) is 17.4 Å². The maximum absolute atomic E-state index is 11.2. The van der Waals surface area contributed by atoms with Gasteiger partial charge in [0, 0.05) is 5.56 Å². The predicted molar refractivity (Wildman–Crippen MR) is 61.4 cm³/mol. The summed E-state index contributed by atoms with van der Waals surface area (Å²) in [5.74, 6) is 0.314. The van der Waals surface area contributed by atoms with Gasteiger partial charge < -0.3 is 4.74 Å². The van der Waals surface area contributed by atoms with E-state index in [9.17, 15) is 4.79 Å². The Hall–Kier alpha value is -1.84. The highest BCUT2D eigenvalue weighted by Gasteiger charge is 2.07. The zero-order valence-electron chi connectivity index (χ0n) is 9.41. The van der Waals surface area contributed by atoms with Gasteiger partial charge in [-0.3, -0.25) is 10.7 Å². The molecule has 1 radical (unpaired) electrons. The first-order valence-corrected chi connectivity index (χ1v) is 5.08. The van der Waals surface area contributed by atoms with E-state index in [0.29, 0.717) is 12.2 Å². The summed E-state index contributed by atoms with van der Waals surface area (Å²) in [7, 11) is 0. The van der Waals surface area contributed by atoms with Gasteiger partial charge in [0.2, 0.25) is 0 Å². The van der Waals surface area contributed by atoms with Crippen molar-refractivity contribution in [2.75, 3.05) is 6.61 Å². The van der Waals surface area contributed by atoms with Crippen molar-refractivity contribution >= 4 is 11.9 Å². The second-order valence-corrected chi connectivity index (χ2v) is 3.78. The molecule has 0 spiro atoms. The minimum absolute atomic E-state index is 0.0303. The van der Waals surface area contributed by atoms with Crippen molar-refractivity contribution in [2.45, 2.75) is 13.8 Å². The lowest BCUT2D eigenvalue weighted by Crippen LogP contribution is -2.31. The predicted octanol–water partition coefficient (Wildman–Crippen LogP) is 2.19. The third-order valence-corrected chi connectivity index (χ3v) is 1.78. The molecule has 1 aromatic carbocycles. The van der Waals surface area contributed by atoms with Crippen LogP contribution in [0.25, 0.3) is 0 Å². The summed E-state index contributed by atoms with van der Waals surface area (Å²) < 4.78 is 4.90. The van der Waals surface area contributed by atoms with Gasteiger partial charge in [0.05, 0.1) is 6.61 Å². The summed E-state index contributed by atoms with van der Waals surface area (Å²) in [6, 6.07) is 9.61. The molecule has 4 nitrogen and oxygen atoms in total. The third kappa shape index (κ3) is 4.13. The molecule has 0 atom stereocenters. The number of nitrogens with one attached hydrogen (secondary N) is 2. The average Bonchev–Trinajstić information content (AvgIpc) is 2.27. The molecule has 0 saturated carbocycles. The van der Waals surface area contributed by atoms with Crippen molar-refractivity contribution in [3.8, 4) is 0 Å². The highest BCUT2D eigenvalue weighted by atomic mass is 16.5. The fourth-order valence-electron chi connectivity index (χ4n) is 1.01. The van der Waals surface area contributed by atoms with Gasteiger partial charge in [0.15, 0.2) is 0 Å².